The maximum atomic E-state index is 12.6. The number of carbonyl (C=O) groups is 1. The minimum absolute atomic E-state index is 0.0865. The lowest BCUT2D eigenvalue weighted by atomic mass is 10.2. The van der Waals surface area contributed by atoms with E-state index >= 15 is 0 Å². The maximum Gasteiger partial charge on any atom is 0.254 e. The second-order valence-electron chi connectivity index (χ2n) is 6.44. The molecule has 8 nitrogen and oxygen atoms in total. The summed E-state index contributed by atoms with van der Waals surface area (Å²) < 4.78 is 32.4. The summed E-state index contributed by atoms with van der Waals surface area (Å²) in [5.74, 6) is 1.03. The van der Waals surface area contributed by atoms with Crippen LogP contribution in [0.15, 0.2) is 33.7 Å². The molecule has 0 spiro atoms. The van der Waals surface area contributed by atoms with Crippen molar-refractivity contribution in [3.8, 4) is 0 Å². The molecule has 9 heteroatoms. The molecule has 0 aliphatic heterocycles. The van der Waals surface area contributed by atoms with Crippen molar-refractivity contribution in [1.29, 1.82) is 0 Å². The van der Waals surface area contributed by atoms with Crippen molar-refractivity contribution in [1.82, 2.24) is 19.8 Å². The smallest absolute Gasteiger partial charge is 0.254 e. The molecule has 26 heavy (non-hydrogen) atoms. The Morgan fingerprint density at radius 3 is 2.81 bits per heavy atom. The quantitative estimate of drug-likeness (QED) is 0.748. The zero-order valence-corrected chi connectivity index (χ0v) is 15.6. The van der Waals surface area contributed by atoms with Crippen molar-refractivity contribution >= 4 is 15.9 Å². The normalized spacial score (nSPS) is 14.4. The first-order valence-electron chi connectivity index (χ1n) is 8.55. The highest BCUT2D eigenvalue weighted by Gasteiger charge is 2.25. The average molecular weight is 378 g/mol. The summed E-state index contributed by atoms with van der Waals surface area (Å²) in [5.41, 5.74) is 0.289. The molecule has 0 saturated heterocycles. The number of nitrogens with zero attached hydrogens (tertiary/aromatic N) is 3. The lowest BCUT2D eigenvalue weighted by Gasteiger charge is -2.15. The van der Waals surface area contributed by atoms with Crippen LogP contribution in [0, 0.1) is 5.92 Å². The number of benzene rings is 1. The second-order valence-corrected chi connectivity index (χ2v) is 8.21. The van der Waals surface area contributed by atoms with Crippen molar-refractivity contribution in [3.05, 3.63) is 41.5 Å². The third-order valence-electron chi connectivity index (χ3n) is 4.20. The molecule has 1 N–H and O–H groups in total. The predicted octanol–water partition coefficient (Wildman–Crippen LogP) is 1.59. The molecule has 1 heterocycles. The van der Waals surface area contributed by atoms with Gasteiger partial charge in [0.25, 0.3) is 5.91 Å². The Morgan fingerprint density at radius 1 is 1.38 bits per heavy atom. The van der Waals surface area contributed by atoms with Gasteiger partial charge in [-0.15, -0.1) is 0 Å². The highest BCUT2D eigenvalue weighted by Crippen LogP contribution is 2.28. The number of rotatable bonds is 8. The van der Waals surface area contributed by atoms with Gasteiger partial charge in [-0.3, -0.25) is 4.79 Å². The minimum Gasteiger partial charge on any atom is -0.337 e. The molecule has 1 fully saturated rings. The van der Waals surface area contributed by atoms with E-state index in [9.17, 15) is 13.2 Å². The second kappa shape index (κ2) is 7.55. The fraction of sp³-hybridized carbons (Fsp3) is 0.471. The zero-order valence-electron chi connectivity index (χ0n) is 14.8. The standard InChI is InChI=1S/C17H22N4O4S/c1-3-15-19-16(25-20-15)11-21(2)17(22)13-5-4-6-14(9-13)26(23,24)18-10-12-7-8-12/h4-6,9,12,18H,3,7-8,10-11H2,1-2H3. The monoisotopic (exact) mass is 378 g/mol. The number of hydrogen-bond acceptors (Lipinski definition) is 6. The minimum atomic E-state index is -3.62. The number of hydrogen-bond donors (Lipinski definition) is 1. The van der Waals surface area contributed by atoms with Crippen LogP contribution in [0.1, 0.15) is 41.8 Å². The van der Waals surface area contributed by atoms with E-state index in [4.69, 9.17) is 4.52 Å². The van der Waals surface area contributed by atoms with Crippen LogP contribution in [0.5, 0.6) is 0 Å². The fourth-order valence-corrected chi connectivity index (χ4v) is 3.58. The van der Waals surface area contributed by atoms with Crippen LogP contribution < -0.4 is 4.72 Å². The summed E-state index contributed by atoms with van der Waals surface area (Å²) in [4.78, 5) is 18.3. The van der Waals surface area contributed by atoms with Gasteiger partial charge in [0.2, 0.25) is 15.9 Å². The van der Waals surface area contributed by atoms with Gasteiger partial charge in [0.15, 0.2) is 5.82 Å². The highest BCUT2D eigenvalue weighted by molar-refractivity contribution is 7.89. The first kappa shape index (κ1) is 18.5. The molecule has 0 atom stereocenters. The van der Waals surface area contributed by atoms with E-state index in [1.807, 2.05) is 6.92 Å². The molecule has 3 rings (SSSR count). The van der Waals surface area contributed by atoms with Gasteiger partial charge in [-0.25, -0.2) is 13.1 Å². The summed E-state index contributed by atoms with van der Waals surface area (Å²) in [7, 11) is -2.02. The lowest BCUT2D eigenvalue weighted by Crippen LogP contribution is -2.28. The molecule has 2 aromatic rings. The molecule has 0 bridgehead atoms. The van der Waals surface area contributed by atoms with E-state index in [-0.39, 0.29) is 22.9 Å². The van der Waals surface area contributed by atoms with Gasteiger partial charge in [-0.2, -0.15) is 4.98 Å². The molecule has 1 aliphatic carbocycles. The summed E-state index contributed by atoms with van der Waals surface area (Å²) >= 11 is 0. The predicted molar refractivity (Wildman–Crippen MR) is 93.8 cm³/mol. The summed E-state index contributed by atoms with van der Waals surface area (Å²) in [6.07, 6.45) is 2.76. The van der Waals surface area contributed by atoms with Crippen LogP contribution in [0.25, 0.3) is 0 Å². The van der Waals surface area contributed by atoms with Crippen LogP contribution in [0.2, 0.25) is 0 Å². The Morgan fingerprint density at radius 2 is 2.15 bits per heavy atom. The number of carbonyl (C=O) groups excluding carboxylic acids is 1. The van der Waals surface area contributed by atoms with Gasteiger partial charge in [0, 0.05) is 25.6 Å². The maximum absolute atomic E-state index is 12.6. The molecule has 0 radical (unpaired) electrons. The van der Waals surface area contributed by atoms with Gasteiger partial charge in [0.05, 0.1) is 11.4 Å². The Kier molecular flexibility index (Phi) is 5.38. The molecule has 140 valence electrons. The SMILES string of the molecule is CCc1noc(CN(C)C(=O)c2cccc(S(=O)(=O)NCC3CC3)c2)n1. The van der Waals surface area contributed by atoms with E-state index in [1.54, 1.807) is 19.2 Å². The van der Waals surface area contributed by atoms with E-state index in [0.717, 1.165) is 12.8 Å². The summed E-state index contributed by atoms with van der Waals surface area (Å²) in [6.45, 7) is 2.51. The molecule has 1 amide bonds. The zero-order chi connectivity index (χ0) is 18.7. The van der Waals surface area contributed by atoms with Gasteiger partial charge < -0.3 is 9.42 Å². The van der Waals surface area contributed by atoms with Crippen molar-refractivity contribution in [2.75, 3.05) is 13.6 Å². The fourth-order valence-electron chi connectivity index (χ4n) is 2.42. The van der Waals surface area contributed by atoms with Gasteiger partial charge in [-0.1, -0.05) is 18.1 Å². The number of nitrogens with one attached hydrogen (secondary N) is 1. The van der Waals surface area contributed by atoms with Gasteiger partial charge in [0.1, 0.15) is 0 Å². The molecular weight excluding hydrogens is 356 g/mol. The topological polar surface area (TPSA) is 105 Å². The Bertz CT molecular complexity index is 890. The third kappa shape index (κ3) is 4.47. The van der Waals surface area contributed by atoms with Crippen molar-refractivity contribution in [3.63, 3.8) is 0 Å². The molecule has 1 aromatic carbocycles. The first-order chi connectivity index (χ1) is 12.4. The van der Waals surface area contributed by atoms with Crippen LogP contribution in [-0.2, 0) is 23.0 Å². The number of aryl methyl sites for hydroxylation is 1. The van der Waals surface area contributed by atoms with Gasteiger partial charge >= 0.3 is 0 Å². The number of amides is 1. The molecule has 1 saturated carbocycles. The van der Waals surface area contributed by atoms with Crippen LogP contribution >= 0.6 is 0 Å². The Hall–Kier alpha value is -2.26. The Labute approximate surface area is 152 Å². The van der Waals surface area contributed by atoms with E-state index in [2.05, 4.69) is 14.9 Å². The first-order valence-corrected chi connectivity index (χ1v) is 10.0. The van der Waals surface area contributed by atoms with E-state index in [0.29, 0.717) is 30.6 Å². The summed E-state index contributed by atoms with van der Waals surface area (Å²) in [5, 5.41) is 3.79. The van der Waals surface area contributed by atoms with Crippen molar-refractivity contribution in [2.45, 2.75) is 37.6 Å². The van der Waals surface area contributed by atoms with E-state index in [1.165, 1.54) is 17.0 Å². The van der Waals surface area contributed by atoms with Crippen LogP contribution in [-0.4, -0.2) is 43.0 Å². The molecule has 1 aromatic heterocycles. The Balaban J connectivity index is 1.70. The largest absolute Gasteiger partial charge is 0.337 e. The average Bonchev–Trinajstić information content (AvgIpc) is 3.37. The molecule has 0 unspecified atom stereocenters. The van der Waals surface area contributed by atoms with Crippen molar-refractivity contribution < 1.29 is 17.7 Å². The summed E-state index contributed by atoms with van der Waals surface area (Å²) in [6, 6.07) is 6.02. The van der Waals surface area contributed by atoms with E-state index < -0.39 is 10.0 Å². The van der Waals surface area contributed by atoms with Crippen LogP contribution in [0.3, 0.4) is 0 Å². The van der Waals surface area contributed by atoms with Crippen molar-refractivity contribution in [2.24, 2.45) is 5.92 Å². The van der Waals surface area contributed by atoms with Gasteiger partial charge in [-0.05, 0) is 37.0 Å². The highest BCUT2D eigenvalue weighted by atomic mass is 32.2. The molecule has 1 aliphatic rings. The number of sulfonamides is 1. The lowest BCUT2D eigenvalue weighted by molar-refractivity contribution is 0.0769. The third-order valence-corrected chi connectivity index (χ3v) is 5.62. The molecular formula is C17H22N4O4S. The van der Waals surface area contributed by atoms with Crippen LogP contribution in [0.4, 0.5) is 0 Å². The number of aromatic nitrogens is 2.